The van der Waals surface area contributed by atoms with Crippen molar-refractivity contribution in [2.75, 3.05) is 44.6 Å². The third-order valence-corrected chi connectivity index (χ3v) is 3.25. The normalized spacial score (nSPS) is 15.4. The maximum atomic E-state index is 11.7. The van der Waals surface area contributed by atoms with Gasteiger partial charge in [-0.25, -0.2) is 0 Å². The van der Waals surface area contributed by atoms with E-state index in [-0.39, 0.29) is 5.75 Å². The Kier molecular flexibility index (Phi) is 5.53. The second kappa shape index (κ2) is 7.61. The van der Waals surface area contributed by atoms with Gasteiger partial charge in [0.15, 0.2) is 0 Å². The molecule has 1 aliphatic heterocycles. The summed E-state index contributed by atoms with van der Waals surface area (Å²) in [5, 5.41) is 17.5. The summed E-state index contributed by atoms with van der Waals surface area (Å²) in [6, 6.07) is 5.94. The Morgan fingerprint density at radius 3 is 2.48 bits per heavy atom. The molecule has 4 N–H and O–H groups in total. The number of phenols is 1. The molecule has 0 aromatic heterocycles. The number of anilines is 1. The number of carbonyl (C=O) groups excluding carboxylic acids is 2. The van der Waals surface area contributed by atoms with Crippen molar-refractivity contribution in [2.24, 2.45) is 0 Å². The van der Waals surface area contributed by atoms with Crippen LogP contribution in [-0.4, -0.2) is 61.1 Å². The zero-order valence-corrected chi connectivity index (χ0v) is 11.8. The monoisotopic (exact) mass is 292 g/mol. The Hall–Kier alpha value is -2.12. The number of benzene rings is 1. The minimum Gasteiger partial charge on any atom is -0.508 e. The van der Waals surface area contributed by atoms with Crippen molar-refractivity contribution in [3.05, 3.63) is 24.3 Å². The Bertz CT molecular complexity index is 483. The van der Waals surface area contributed by atoms with Crippen LogP contribution in [0.5, 0.6) is 5.75 Å². The summed E-state index contributed by atoms with van der Waals surface area (Å²) in [5.41, 5.74) is 0.468. The van der Waals surface area contributed by atoms with E-state index in [4.69, 9.17) is 5.11 Å². The van der Waals surface area contributed by atoms with Crippen molar-refractivity contribution >= 4 is 17.5 Å². The van der Waals surface area contributed by atoms with Crippen LogP contribution in [0.1, 0.15) is 0 Å². The van der Waals surface area contributed by atoms with Gasteiger partial charge in [0.25, 0.3) is 0 Å². The molecule has 0 aliphatic carbocycles. The maximum Gasteiger partial charge on any atom is 0.313 e. The number of phenolic OH excluding ortho intramolecular Hbond substituents is 1. The first-order valence-electron chi connectivity index (χ1n) is 6.96. The molecule has 7 nitrogen and oxygen atoms in total. The highest BCUT2D eigenvalue weighted by Gasteiger charge is 2.14. The van der Waals surface area contributed by atoms with Crippen LogP contribution in [0.2, 0.25) is 0 Å². The van der Waals surface area contributed by atoms with Crippen molar-refractivity contribution in [3.8, 4) is 5.75 Å². The molecule has 0 saturated carbocycles. The van der Waals surface area contributed by atoms with Crippen molar-refractivity contribution in [1.82, 2.24) is 15.5 Å². The topological polar surface area (TPSA) is 93.7 Å². The molecule has 1 aromatic carbocycles. The zero-order chi connectivity index (χ0) is 15.1. The van der Waals surface area contributed by atoms with Crippen molar-refractivity contribution < 1.29 is 14.7 Å². The molecule has 2 amide bonds. The summed E-state index contributed by atoms with van der Waals surface area (Å²) in [5.74, 6) is -1.26. The van der Waals surface area contributed by atoms with Gasteiger partial charge in [-0.3, -0.25) is 14.5 Å². The van der Waals surface area contributed by atoms with Crippen LogP contribution in [0.4, 0.5) is 5.69 Å². The number of aromatic hydroxyl groups is 1. The van der Waals surface area contributed by atoms with Crippen LogP contribution in [0.15, 0.2) is 24.3 Å². The molecule has 0 radical (unpaired) electrons. The maximum absolute atomic E-state index is 11.7. The third-order valence-electron chi connectivity index (χ3n) is 3.25. The standard InChI is InChI=1S/C14H20N4O3/c19-12-3-1-11(2-4-12)17-14(21)13(20)16-7-10-18-8-5-15-6-9-18/h1-4,15,19H,5-10H2,(H,16,20)(H,17,21). The third kappa shape index (κ3) is 5.05. The summed E-state index contributed by atoms with van der Waals surface area (Å²) < 4.78 is 0. The fourth-order valence-corrected chi connectivity index (χ4v) is 2.08. The lowest BCUT2D eigenvalue weighted by molar-refractivity contribution is -0.136. The van der Waals surface area contributed by atoms with Crippen LogP contribution in [0.3, 0.4) is 0 Å². The fourth-order valence-electron chi connectivity index (χ4n) is 2.08. The second-order valence-electron chi connectivity index (χ2n) is 4.85. The van der Waals surface area contributed by atoms with Crippen molar-refractivity contribution in [1.29, 1.82) is 0 Å². The van der Waals surface area contributed by atoms with Gasteiger partial charge in [-0.1, -0.05) is 0 Å². The second-order valence-corrected chi connectivity index (χ2v) is 4.85. The molecular weight excluding hydrogens is 272 g/mol. The van der Waals surface area contributed by atoms with E-state index in [1.54, 1.807) is 0 Å². The fraction of sp³-hybridized carbons (Fsp3) is 0.429. The van der Waals surface area contributed by atoms with Crippen LogP contribution < -0.4 is 16.0 Å². The van der Waals surface area contributed by atoms with E-state index in [0.717, 1.165) is 32.7 Å². The van der Waals surface area contributed by atoms with Crippen LogP contribution >= 0.6 is 0 Å². The molecule has 21 heavy (non-hydrogen) atoms. The van der Waals surface area contributed by atoms with Crippen molar-refractivity contribution in [3.63, 3.8) is 0 Å². The van der Waals surface area contributed by atoms with Gasteiger partial charge in [0, 0.05) is 45.0 Å². The van der Waals surface area contributed by atoms with Gasteiger partial charge < -0.3 is 21.1 Å². The lowest BCUT2D eigenvalue weighted by atomic mass is 10.3. The van der Waals surface area contributed by atoms with Gasteiger partial charge in [0.2, 0.25) is 0 Å². The summed E-state index contributed by atoms with van der Waals surface area (Å²) in [6.45, 7) is 5.00. The smallest absolute Gasteiger partial charge is 0.313 e. The van der Waals surface area contributed by atoms with Gasteiger partial charge in [-0.2, -0.15) is 0 Å². The van der Waals surface area contributed by atoms with Crippen LogP contribution in [0, 0.1) is 0 Å². The summed E-state index contributed by atoms with van der Waals surface area (Å²) in [7, 11) is 0. The summed E-state index contributed by atoms with van der Waals surface area (Å²) in [4.78, 5) is 25.6. The minimum atomic E-state index is -0.707. The van der Waals surface area contributed by atoms with E-state index >= 15 is 0 Å². The predicted molar refractivity (Wildman–Crippen MR) is 79.1 cm³/mol. The molecule has 1 saturated heterocycles. The molecule has 0 atom stereocenters. The number of hydrogen-bond donors (Lipinski definition) is 4. The van der Waals surface area contributed by atoms with Gasteiger partial charge >= 0.3 is 11.8 Å². The first-order valence-corrected chi connectivity index (χ1v) is 6.96. The number of carbonyl (C=O) groups is 2. The number of piperazine rings is 1. The Labute approximate surface area is 123 Å². The van der Waals surface area contributed by atoms with E-state index in [1.165, 1.54) is 24.3 Å². The molecule has 7 heteroatoms. The minimum absolute atomic E-state index is 0.105. The van der Waals surface area contributed by atoms with E-state index in [0.29, 0.717) is 12.2 Å². The number of rotatable bonds is 4. The average molecular weight is 292 g/mol. The summed E-state index contributed by atoms with van der Waals surface area (Å²) in [6.07, 6.45) is 0. The molecule has 2 rings (SSSR count). The van der Waals surface area contributed by atoms with Crippen LogP contribution in [0.25, 0.3) is 0 Å². The molecule has 1 fully saturated rings. The zero-order valence-electron chi connectivity index (χ0n) is 11.8. The molecule has 0 spiro atoms. The molecule has 1 aromatic rings. The molecule has 0 unspecified atom stereocenters. The Morgan fingerprint density at radius 2 is 1.81 bits per heavy atom. The lowest BCUT2D eigenvalue weighted by Crippen LogP contribution is -2.47. The van der Waals surface area contributed by atoms with E-state index < -0.39 is 11.8 Å². The quantitative estimate of drug-likeness (QED) is 0.437. The first-order chi connectivity index (χ1) is 10.1. The van der Waals surface area contributed by atoms with E-state index in [1.807, 2.05) is 0 Å². The SMILES string of the molecule is O=C(NCCN1CCNCC1)C(=O)Nc1ccc(O)cc1. The Balaban J connectivity index is 1.69. The molecule has 0 bridgehead atoms. The number of nitrogens with zero attached hydrogens (tertiary/aromatic N) is 1. The van der Waals surface area contributed by atoms with Crippen molar-refractivity contribution in [2.45, 2.75) is 0 Å². The summed E-state index contributed by atoms with van der Waals surface area (Å²) >= 11 is 0. The highest BCUT2D eigenvalue weighted by Crippen LogP contribution is 2.13. The first kappa shape index (κ1) is 15.3. The molecule has 1 heterocycles. The van der Waals surface area contributed by atoms with Gasteiger partial charge in [-0.05, 0) is 24.3 Å². The van der Waals surface area contributed by atoms with E-state index in [9.17, 15) is 9.59 Å². The lowest BCUT2D eigenvalue weighted by Gasteiger charge is -2.26. The average Bonchev–Trinajstić information content (AvgIpc) is 2.50. The Morgan fingerprint density at radius 1 is 1.14 bits per heavy atom. The van der Waals surface area contributed by atoms with Gasteiger partial charge in [0.05, 0.1) is 0 Å². The van der Waals surface area contributed by atoms with Gasteiger partial charge in [0.1, 0.15) is 5.75 Å². The number of amides is 2. The molecular formula is C14H20N4O3. The molecule has 114 valence electrons. The highest BCUT2D eigenvalue weighted by molar-refractivity contribution is 6.39. The molecule has 1 aliphatic rings. The predicted octanol–water partition coefficient (Wildman–Crippen LogP) is -0.648. The largest absolute Gasteiger partial charge is 0.508 e. The van der Waals surface area contributed by atoms with Crippen LogP contribution in [-0.2, 0) is 9.59 Å². The number of hydrogen-bond acceptors (Lipinski definition) is 5. The van der Waals surface area contributed by atoms with Gasteiger partial charge in [-0.15, -0.1) is 0 Å². The number of nitrogens with one attached hydrogen (secondary N) is 3. The highest BCUT2D eigenvalue weighted by atomic mass is 16.3. The van der Waals surface area contributed by atoms with E-state index in [2.05, 4.69) is 20.9 Å².